The molecule has 1 aromatic rings. The van der Waals surface area contributed by atoms with E-state index in [1.54, 1.807) is 0 Å². The Morgan fingerprint density at radius 2 is 2.25 bits per heavy atom. The van der Waals surface area contributed by atoms with Crippen LogP contribution in [0.2, 0.25) is 0 Å². The minimum atomic E-state index is 1.05. The number of nitrogens with one attached hydrogen (secondary N) is 1. The Morgan fingerprint density at radius 3 is 2.83 bits per heavy atom. The summed E-state index contributed by atoms with van der Waals surface area (Å²) in [5.41, 5.74) is 2.55. The molecule has 2 heterocycles. The summed E-state index contributed by atoms with van der Waals surface area (Å²) in [5, 5.41) is 7.05. The van der Waals surface area contributed by atoms with Crippen molar-refractivity contribution in [2.24, 2.45) is 0 Å². The Labute approximate surface area is 72.8 Å². The largest absolute Gasteiger partial charge is 0.298 e. The van der Waals surface area contributed by atoms with Crippen LogP contribution in [0, 0.1) is 6.92 Å². The first-order chi connectivity index (χ1) is 5.86. The molecule has 1 N–H and O–H groups in total. The van der Waals surface area contributed by atoms with Crippen LogP contribution in [0.5, 0.6) is 0 Å². The number of hydrogen-bond donors (Lipinski definition) is 1. The molecule has 1 aliphatic rings. The van der Waals surface area contributed by atoms with Crippen LogP contribution in [0.1, 0.15) is 24.1 Å². The summed E-state index contributed by atoms with van der Waals surface area (Å²) in [6.45, 7) is 5.65. The van der Waals surface area contributed by atoms with Crippen LogP contribution in [0.4, 0.5) is 0 Å². The highest BCUT2D eigenvalue weighted by atomic mass is 15.2. The number of likely N-dealkylation sites (tertiary alicyclic amines) is 1. The Morgan fingerprint density at radius 1 is 1.50 bits per heavy atom. The van der Waals surface area contributed by atoms with E-state index in [2.05, 4.69) is 22.0 Å². The number of H-pyrrole nitrogens is 1. The third-order valence-electron chi connectivity index (χ3n) is 2.51. The Kier molecular flexibility index (Phi) is 2.13. The van der Waals surface area contributed by atoms with Crippen LogP contribution in [0.15, 0.2) is 6.20 Å². The lowest BCUT2D eigenvalue weighted by atomic mass is 10.3. The van der Waals surface area contributed by atoms with Gasteiger partial charge in [0.15, 0.2) is 0 Å². The summed E-state index contributed by atoms with van der Waals surface area (Å²) in [6.07, 6.45) is 4.60. The van der Waals surface area contributed by atoms with Gasteiger partial charge in [0.2, 0.25) is 0 Å². The summed E-state index contributed by atoms with van der Waals surface area (Å²) in [6, 6.07) is 0. The van der Waals surface area contributed by atoms with E-state index in [1.165, 1.54) is 37.2 Å². The molecule has 0 bridgehead atoms. The molecule has 1 aromatic heterocycles. The number of aromatic nitrogens is 2. The average Bonchev–Trinajstić information content (AvgIpc) is 2.65. The van der Waals surface area contributed by atoms with Crippen molar-refractivity contribution in [2.75, 3.05) is 13.1 Å². The summed E-state index contributed by atoms with van der Waals surface area (Å²) in [7, 11) is 0. The van der Waals surface area contributed by atoms with Crippen molar-refractivity contribution in [1.82, 2.24) is 15.1 Å². The Bertz CT molecular complexity index is 248. The monoisotopic (exact) mass is 165 g/mol. The predicted molar refractivity (Wildman–Crippen MR) is 47.8 cm³/mol. The lowest BCUT2D eigenvalue weighted by molar-refractivity contribution is 0.326. The van der Waals surface area contributed by atoms with Crippen LogP contribution in [-0.4, -0.2) is 28.2 Å². The molecular formula is C9H15N3. The number of rotatable bonds is 2. The molecular weight excluding hydrogens is 150 g/mol. The van der Waals surface area contributed by atoms with E-state index in [0.29, 0.717) is 0 Å². The van der Waals surface area contributed by atoms with E-state index in [4.69, 9.17) is 0 Å². The van der Waals surface area contributed by atoms with Gasteiger partial charge in [-0.05, 0) is 38.4 Å². The minimum absolute atomic E-state index is 1.05. The molecule has 0 saturated carbocycles. The van der Waals surface area contributed by atoms with Crippen molar-refractivity contribution in [3.05, 3.63) is 17.5 Å². The van der Waals surface area contributed by atoms with Crippen LogP contribution >= 0.6 is 0 Å². The summed E-state index contributed by atoms with van der Waals surface area (Å²) >= 11 is 0. The molecule has 0 atom stereocenters. The van der Waals surface area contributed by atoms with Gasteiger partial charge in [0.05, 0.1) is 11.9 Å². The second-order valence-electron chi connectivity index (χ2n) is 3.51. The molecule has 3 heteroatoms. The smallest absolute Gasteiger partial charge is 0.0521 e. The standard InChI is InChI=1S/C9H15N3/c1-8-6-10-11-9(8)7-12-4-2-3-5-12/h6H,2-5,7H2,1H3,(H,10,11). The van der Waals surface area contributed by atoms with E-state index in [0.717, 1.165) is 6.54 Å². The van der Waals surface area contributed by atoms with Crippen LogP contribution in [-0.2, 0) is 6.54 Å². The van der Waals surface area contributed by atoms with Gasteiger partial charge in [0.25, 0.3) is 0 Å². The van der Waals surface area contributed by atoms with Crippen molar-refractivity contribution < 1.29 is 0 Å². The van der Waals surface area contributed by atoms with E-state index < -0.39 is 0 Å². The third-order valence-corrected chi connectivity index (χ3v) is 2.51. The first-order valence-corrected chi connectivity index (χ1v) is 4.57. The Balaban J connectivity index is 1.98. The number of aryl methyl sites for hydroxylation is 1. The molecule has 66 valence electrons. The lowest BCUT2D eigenvalue weighted by Gasteiger charge is -2.13. The molecule has 0 spiro atoms. The van der Waals surface area contributed by atoms with E-state index in [-0.39, 0.29) is 0 Å². The quantitative estimate of drug-likeness (QED) is 0.716. The van der Waals surface area contributed by atoms with E-state index in [1.807, 2.05) is 6.20 Å². The van der Waals surface area contributed by atoms with Gasteiger partial charge in [-0.1, -0.05) is 0 Å². The highest BCUT2D eigenvalue weighted by Crippen LogP contribution is 2.12. The lowest BCUT2D eigenvalue weighted by Crippen LogP contribution is -2.19. The van der Waals surface area contributed by atoms with Crippen molar-refractivity contribution in [2.45, 2.75) is 26.3 Å². The van der Waals surface area contributed by atoms with Gasteiger partial charge in [0, 0.05) is 6.54 Å². The molecule has 1 aliphatic heterocycles. The highest BCUT2D eigenvalue weighted by Gasteiger charge is 2.13. The van der Waals surface area contributed by atoms with Crippen molar-refractivity contribution >= 4 is 0 Å². The molecule has 2 rings (SSSR count). The Hall–Kier alpha value is -0.830. The minimum Gasteiger partial charge on any atom is -0.298 e. The zero-order valence-electron chi connectivity index (χ0n) is 7.51. The molecule has 1 fully saturated rings. The molecule has 0 aliphatic carbocycles. The van der Waals surface area contributed by atoms with Crippen molar-refractivity contribution in [1.29, 1.82) is 0 Å². The van der Waals surface area contributed by atoms with Gasteiger partial charge in [-0.25, -0.2) is 0 Å². The fraction of sp³-hybridized carbons (Fsp3) is 0.667. The average molecular weight is 165 g/mol. The first-order valence-electron chi connectivity index (χ1n) is 4.57. The molecule has 3 nitrogen and oxygen atoms in total. The molecule has 12 heavy (non-hydrogen) atoms. The summed E-state index contributed by atoms with van der Waals surface area (Å²) < 4.78 is 0. The van der Waals surface area contributed by atoms with E-state index >= 15 is 0 Å². The van der Waals surface area contributed by atoms with Crippen LogP contribution in [0.25, 0.3) is 0 Å². The molecule has 0 aromatic carbocycles. The van der Waals surface area contributed by atoms with Gasteiger partial charge in [-0.15, -0.1) is 0 Å². The summed E-state index contributed by atoms with van der Waals surface area (Å²) in [5.74, 6) is 0. The maximum atomic E-state index is 4.01. The zero-order valence-corrected chi connectivity index (χ0v) is 7.51. The normalized spacial score (nSPS) is 18.8. The highest BCUT2D eigenvalue weighted by molar-refractivity contribution is 5.13. The molecule has 0 radical (unpaired) electrons. The van der Waals surface area contributed by atoms with Crippen molar-refractivity contribution in [3.8, 4) is 0 Å². The second-order valence-corrected chi connectivity index (χ2v) is 3.51. The zero-order chi connectivity index (χ0) is 8.39. The maximum Gasteiger partial charge on any atom is 0.0521 e. The second kappa shape index (κ2) is 3.27. The van der Waals surface area contributed by atoms with Gasteiger partial charge < -0.3 is 0 Å². The fourth-order valence-corrected chi connectivity index (χ4v) is 1.70. The topological polar surface area (TPSA) is 31.9 Å². The van der Waals surface area contributed by atoms with E-state index in [9.17, 15) is 0 Å². The number of hydrogen-bond acceptors (Lipinski definition) is 2. The van der Waals surface area contributed by atoms with Crippen LogP contribution < -0.4 is 0 Å². The number of nitrogens with zero attached hydrogens (tertiary/aromatic N) is 2. The molecule has 0 unspecified atom stereocenters. The van der Waals surface area contributed by atoms with Gasteiger partial charge in [-0.2, -0.15) is 5.10 Å². The third kappa shape index (κ3) is 1.50. The number of aromatic amines is 1. The van der Waals surface area contributed by atoms with Crippen LogP contribution in [0.3, 0.4) is 0 Å². The van der Waals surface area contributed by atoms with Gasteiger partial charge in [0.1, 0.15) is 0 Å². The first kappa shape index (κ1) is 7.80. The molecule has 1 saturated heterocycles. The molecule has 0 amide bonds. The fourth-order valence-electron chi connectivity index (χ4n) is 1.70. The van der Waals surface area contributed by atoms with Crippen molar-refractivity contribution in [3.63, 3.8) is 0 Å². The SMILES string of the molecule is Cc1cn[nH]c1CN1CCCC1. The van der Waals surface area contributed by atoms with Gasteiger partial charge >= 0.3 is 0 Å². The van der Waals surface area contributed by atoms with Gasteiger partial charge in [-0.3, -0.25) is 10.00 Å². The predicted octanol–water partition coefficient (Wildman–Crippen LogP) is 1.31. The summed E-state index contributed by atoms with van der Waals surface area (Å²) in [4.78, 5) is 2.47. The maximum absolute atomic E-state index is 4.01.